The molecule has 6 heteroatoms. The van der Waals surface area contributed by atoms with Gasteiger partial charge in [-0.3, -0.25) is 0 Å². The Labute approximate surface area is 96.8 Å². The molecule has 0 unspecified atom stereocenters. The van der Waals surface area contributed by atoms with Gasteiger partial charge in [0.15, 0.2) is 0 Å². The van der Waals surface area contributed by atoms with Crippen molar-refractivity contribution >= 4 is 6.29 Å². The van der Waals surface area contributed by atoms with E-state index in [9.17, 15) is 18.0 Å². The van der Waals surface area contributed by atoms with E-state index in [1.165, 1.54) is 19.2 Å². The van der Waals surface area contributed by atoms with Crippen LogP contribution >= 0.6 is 0 Å². The van der Waals surface area contributed by atoms with Crippen LogP contribution < -0.4 is 4.74 Å². The molecule has 96 valence electrons. The Bertz CT molecular complexity index is 361. The van der Waals surface area contributed by atoms with Crippen molar-refractivity contribution in [1.82, 2.24) is 0 Å². The first-order valence-corrected chi connectivity index (χ1v) is 4.61. The summed E-state index contributed by atoms with van der Waals surface area (Å²) in [5, 5.41) is 7.00. The van der Waals surface area contributed by atoms with Gasteiger partial charge in [0.1, 0.15) is 12.0 Å². The number of hydrogen-bond donors (Lipinski definition) is 1. The van der Waals surface area contributed by atoms with Gasteiger partial charge in [-0.05, 0) is 17.7 Å². The van der Waals surface area contributed by atoms with E-state index in [4.69, 9.17) is 9.84 Å². The first kappa shape index (κ1) is 15.4. The second kappa shape index (κ2) is 6.90. The van der Waals surface area contributed by atoms with Crippen molar-refractivity contribution in [2.45, 2.75) is 12.6 Å². The van der Waals surface area contributed by atoms with E-state index in [2.05, 4.69) is 0 Å². The lowest BCUT2D eigenvalue weighted by molar-refractivity contribution is -0.138. The van der Waals surface area contributed by atoms with Crippen LogP contribution in [0.3, 0.4) is 0 Å². The maximum Gasteiger partial charge on any atom is 0.416 e. The first-order valence-electron chi connectivity index (χ1n) is 4.61. The number of carbonyl (C=O) groups is 1. The third-order valence-corrected chi connectivity index (χ3v) is 1.93. The summed E-state index contributed by atoms with van der Waals surface area (Å²) in [7, 11) is 2.29. The molecule has 0 radical (unpaired) electrons. The number of rotatable bonds is 3. The van der Waals surface area contributed by atoms with Gasteiger partial charge in [0, 0.05) is 13.5 Å². The van der Waals surface area contributed by atoms with Gasteiger partial charge in [-0.1, -0.05) is 6.07 Å². The number of hydrogen-bond acceptors (Lipinski definition) is 3. The number of aliphatic hydroxyl groups is 1. The molecule has 0 fully saturated rings. The number of halogens is 3. The van der Waals surface area contributed by atoms with E-state index in [0.717, 1.165) is 13.2 Å². The summed E-state index contributed by atoms with van der Waals surface area (Å²) >= 11 is 0. The van der Waals surface area contributed by atoms with E-state index < -0.39 is 11.7 Å². The SMILES string of the molecule is CO.COc1ccc(CC=O)c(C(F)(F)F)c1. The second-order valence-corrected chi connectivity index (χ2v) is 2.89. The van der Waals surface area contributed by atoms with Crippen LogP contribution in [0.5, 0.6) is 5.75 Å². The number of carbonyl (C=O) groups excluding carboxylic acids is 1. The number of benzene rings is 1. The third-order valence-electron chi connectivity index (χ3n) is 1.93. The summed E-state index contributed by atoms with van der Waals surface area (Å²) in [6.07, 6.45) is -4.28. The Kier molecular flexibility index (Phi) is 6.27. The van der Waals surface area contributed by atoms with Gasteiger partial charge < -0.3 is 14.6 Å². The minimum atomic E-state index is -4.47. The van der Waals surface area contributed by atoms with Crippen LogP contribution in [0.4, 0.5) is 13.2 Å². The quantitative estimate of drug-likeness (QED) is 0.835. The molecule has 0 saturated carbocycles. The van der Waals surface area contributed by atoms with Crippen LogP contribution in [0.15, 0.2) is 18.2 Å². The predicted octanol–water partition coefficient (Wildman–Crippen LogP) is 2.06. The summed E-state index contributed by atoms with van der Waals surface area (Å²) in [5.41, 5.74) is -0.868. The average Bonchev–Trinajstić information content (AvgIpc) is 2.31. The molecule has 0 saturated heterocycles. The zero-order valence-electron chi connectivity index (χ0n) is 9.41. The van der Waals surface area contributed by atoms with Crippen molar-refractivity contribution in [3.05, 3.63) is 29.3 Å². The molecule has 0 atom stereocenters. The molecule has 17 heavy (non-hydrogen) atoms. The van der Waals surface area contributed by atoms with E-state index in [1.54, 1.807) is 0 Å². The summed E-state index contributed by atoms with van der Waals surface area (Å²) in [5.74, 6) is 0.122. The van der Waals surface area contributed by atoms with Gasteiger partial charge in [-0.2, -0.15) is 13.2 Å². The lowest BCUT2D eigenvalue weighted by Gasteiger charge is -2.12. The minimum Gasteiger partial charge on any atom is -0.497 e. The van der Waals surface area contributed by atoms with Crippen LogP contribution in [0.2, 0.25) is 0 Å². The fourth-order valence-corrected chi connectivity index (χ4v) is 1.21. The third kappa shape index (κ3) is 4.44. The maximum absolute atomic E-state index is 12.5. The number of methoxy groups -OCH3 is 1. The van der Waals surface area contributed by atoms with E-state index >= 15 is 0 Å². The molecular formula is C11H13F3O3. The van der Waals surface area contributed by atoms with Gasteiger partial charge >= 0.3 is 6.18 Å². The number of alkyl halides is 3. The molecule has 1 rings (SSSR count). The van der Waals surface area contributed by atoms with Crippen molar-refractivity contribution in [3.63, 3.8) is 0 Å². The molecule has 0 aliphatic heterocycles. The molecular weight excluding hydrogens is 237 g/mol. The van der Waals surface area contributed by atoms with Gasteiger partial charge in [0.2, 0.25) is 0 Å². The van der Waals surface area contributed by atoms with Crippen molar-refractivity contribution in [2.75, 3.05) is 14.2 Å². The zero-order valence-corrected chi connectivity index (χ0v) is 9.41. The molecule has 0 aliphatic rings. The topological polar surface area (TPSA) is 46.5 Å². The van der Waals surface area contributed by atoms with Crippen molar-refractivity contribution in [1.29, 1.82) is 0 Å². The molecule has 1 aromatic rings. The van der Waals surface area contributed by atoms with Crippen LogP contribution in [-0.4, -0.2) is 25.6 Å². The lowest BCUT2D eigenvalue weighted by atomic mass is 10.0. The highest BCUT2D eigenvalue weighted by molar-refractivity contribution is 5.57. The maximum atomic E-state index is 12.5. The van der Waals surface area contributed by atoms with E-state index in [-0.39, 0.29) is 17.7 Å². The molecule has 0 amide bonds. The monoisotopic (exact) mass is 250 g/mol. The lowest BCUT2D eigenvalue weighted by Crippen LogP contribution is -2.09. The fourth-order valence-electron chi connectivity index (χ4n) is 1.21. The Hall–Kier alpha value is -1.56. The Morgan fingerprint density at radius 1 is 1.35 bits per heavy atom. The van der Waals surface area contributed by atoms with Crippen LogP contribution in [-0.2, 0) is 17.4 Å². The Morgan fingerprint density at radius 2 is 1.94 bits per heavy atom. The molecule has 3 nitrogen and oxygen atoms in total. The summed E-state index contributed by atoms with van der Waals surface area (Å²) in [4.78, 5) is 10.2. The van der Waals surface area contributed by atoms with Crippen molar-refractivity contribution < 1.29 is 27.8 Å². The molecule has 1 aromatic carbocycles. The molecule has 0 bridgehead atoms. The zero-order chi connectivity index (χ0) is 13.5. The van der Waals surface area contributed by atoms with Gasteiger partial charge in [0.05, 0.1) is 12.7 Å². The smallest absolute Gasteiger partial charge is 0.416 e. The van der Waals surface area contributed by atoms with E-state index in [1.807, 2.05) is 0 Å². The standard InChI is InChI=1S/C10H9F3O2.CH4O/c1-15-8-3-2-7(4-5-14)9(6-8)10(11,12)13;1-2/h2-3,5-6H,4H2,1H3;2H,1H3. The van der Waals surface area contributed by atoms with Crippen molar-refractivity contribution in [3.8, 4) is 5.75 Å². The summed E-state index contributed by atoms with van der Waals surface area (Å²) < 4.78 is 42.2. The Morgan fingerprint density at radius 3 is 2.35 bits per heavy atom. The number of aldehydes is 1. The normalized spacial score (nSPS) is 10.2. The van der Waals surface area contributed by atoms with Crippen LogP contribution in [0, 0.1) is 0 Å². The second-order valence-electron chi connectivity index (χ2n) is 2.89. The summed E-state index contributed by atoms with van der Waals surface area (Å²) in [6, 6.07) is 3.53. The van der Waals surface area contributed by atoms with Gasteiger partial charge in [-0.25, -0.2) is 0 Å². The molecule has 0 heterocycles. The number of aliphatic hydroxyl groups excluding tert-OH is 1. The van der Waals surface area contributed by atoms with Gasteiger partial charge in [0.25, 0.3) is 0 Å². The highest BCUT2D eigenvalue weighted by Gasteiger charge is 2.33. The molecule has 0 spiro atoms. The first-order chi connectivity index (χ1) is 7.99. The summed E-state index contributed by atoms with van der Waals surface area (Å²) in [6.45, 7) is 0. The number of ether oxygens (including phenoxy) is 1. The Balaban J connectivity index is 0.00000121. The van der Waals surface area contributed by atoms with Crippen molar-refractivity contribution in [2.24, 2.45) is 0 Å². The van der Waals surface area contributed by atoms with Crippen LogP contribution in [0.1, 0.15) is 11.1 Å². The highest BCUT2D eigenvalue weighted by Crippen LogP contribution is 2.34. The highest BCUT2D eigenvalue weighted by atomic mass is 19.4. The predicted molar refractivity (Wildman–Crippen MR) is 55.9 cm³/mol. The van der Waals surface area contributed by atoms with Crippen LogP contribution in [0.25, 0.3) is 0 Å². The fraction of sp³-hybridized carbons (Fsp3) is 0.364. The minimum absolute atomic E-state index is 0.0432. The molecule has 1 N–H and O–H groups in total. The van der Waals surface area contributed by atoms with Gasteiger partial charge in [-0.15, -0.1) is 0 Å². The molecule has 0 aliphatic carbocycles. The largest absolute Gasteiger partial charge is 0.497 e. The van der Waals surface area contributed by atoms with E-state index in [0.29, 0.717) is 6.29 Å². The average molecular weight is 250 g/mol. The molecule has 0 aromatic heterocycles.